The van der Waals surface area contributed by atoms with Gasteiger partial charge in [-0.15, -0.1) is 0 Å². The molecule has 0 amide bonds. The van der Waals surface area contributed by atoms with E-state index < -0.39 is 29.8 Å². The highest BCUT2D eigenvalue weighted by Gasteiger charge is 2.39. The summed E-state index contributed by atoms with van der Waals surface area (Å²) in [5, 5.41) is 11.3. The van der Waals surface area contributed by atoms with Gasteiger partial charge in [0.1, 0.15) is 5.82 Å². The van der Waals surface area contributed by atoms with Crippen LogP contribution >= 0.6 is 0 Å². The van der Waals surface area contributed by atoms with Crippen LogP contribution in [0.5, 0.6) is 0 Å². The Morgan fingerprint density at radius 1 is 0.973 bits per heavy atom. The van der Waals surface area contributed by atoms with E-state index in [0.717, 1.165) is 37.8 Å². The van der Waals surface area contributed by atoms with Gasteiger partial charge in [0.2, 0.25) is 0 Å². The zero-order chi connectivity index (χ0) is 26.5. The third-order valence-electron chi connectivity index (χ3n) is 7.76. The summed E-state index contributed by atoms with van der Waals surface area (Å²) in [6, 6.07) is 9.84. The number of alkyl halides is 4. The van der Waals surface area contributed by atoms with Crippen LogP contribution in [0, 0.1) is 11.2 Å². The highest BCUT2D eigenvalue weighted by molar-refractivity contribution is 5.75. The van der Waals surface area contributed by atoms with Crippen LogP contribution in [0.25, 0.3) is 11.1 Å². The fourth-order valence-corrected chi connectivity index (χ4v) is 6.03. The Morgan fingerprint density at radius 3 is 2.19 bits per heavy atom. The van der Waals surface area contributed by atoms with E-state index in [4.69, 9.17) is 4.98 Å². The van der Waals surface area contributed by atoms with E-state index in [1.165, 1.54) is 24.3 Å². The van der Waals surface area contributed by atoms with Crippen LogP contribution in [0.3, 0.4) is 0 Å². The van der Waals surface area contributed by atoms with E-state index >= 15 is 4.39 Å². The third kappa shape index (κ3) is 5.02. The molecule has 37 heavy (non-hydrogen) atoms. The van der Waals surface area contributed by atoms with Crippen molar-refractivity contribution < 1.29 is 27.1 Å². The molecule has 2 aliphatic carbocycles. The number of hydrogen-bond donors (Lipinski definition) is 1. The first-order valence-corrected chi connectivity index (χ1v) is 12.8. The SMILES string of the molecule is CC1(C)Cc2nc(C3CCCC3)c(C(F)c3ccc(C(F)(F)F)cc3)c(-c3ccc(F)cc3)c2[C@@H](O)C1. The topological polar surface area (TPSA) is 33.1 Å². The summed E-state index contributed by atoms with van der Waals surface area (Å²) in [6.07, 6.45) is -2.48. The second kappa shape index (κ2) is 9.50. The Kier molecular flexibility index (Phi) is 6.63. The van der Waals surface area contributed by atoms with Gasteiger partial charge in [0.15, 0.2) is 6.17 Å². The Morgan fingerprint density at radius 2 is 1.59 bits per heavy atom. The van der Waals surface area contributed by atoms with Crippen molar-refractivity contribution in [3.8, 4) is 11.1 Å². The maximum Gasteiger partial charge on any atom is 0.416 e. The van der Waals surface area contributed by atoms with E-state index in [0.29, 0.717) is 40.9 Å². The molecule has 0 spiro atoms. The molecule has 196 valence electrons. The van der Waals surface area contributed by atoms with Crippen molar-refractivity contribution in [1.82, 2.24) is 4.98 Å². The first-order valence-electron chi connectivity index (χ1n) is 12.8. The molecule has 1 N–H and O–H groups in total. The molecular weight excluding hydrogens is 485 g/mol. The van der Waals surface area contributed by atoms with Crippen LogP contribution in [-0.2, 0) is 12.6 Å². The quantitative estimate of drug-likeness (QED) is 0.353. The van der Waals surface area contributed by atoms with Gasteiger partial charge in [-0.3, -0.25) is 4.98 Å². The number of nitrogens with zero attached hydrogens (tertiary/aromatic N) is 1. The second-order valence-electron chi connectivity index (χ2n) is 11.2. The zero-order valence-corrected chi connectivity index (χ0v) is 20.9. The van der Waals surface area contributed by atoms with Crippen molar-refractivity contribution in [2.45, 2.75) is 76.7 Å². The molecule has 3 aromatic rings. The number of aliphatic hydroxyl groups excluding tert-OH is 1. The van der Waals surface area contributed by atoms with Crippen LogP contribution < -0.4 is 0 Å². The molecule has 2 nitrogen and oxygen atoms in total. The van der Waals surface area contributed by atoms with Crippen molar-refractivity contribution in [3.63, 3.8) is 0 Å². The van der Waals surface area contributed by atoms with E-state index in [1.54, 1.807) is 12.1 Å². The van der Waals surface area contributed by atoms with Crippen LogP contribution in [0.4, 0.5) is 22.0 Å². The van der Waals surface area contributed by atoms with Crippen molar-refractivity contribution >= 4 is 0 Å². The van der Waals surface area contributed by atoms with Gasteiger partial charge in [0.25, 0.3) is 0 Å². The van der Waals surface area contributed by atoms with Gasteiger partial charge in [-0.1, -0.05) is 51.0 Å². The summed E-state index contributed by atoms with van der Waals surface area (Å²) < 4.78 is 70.0. The van der Waals surface area contributed by atoms with Gasteiger partial charge in [-0.05, 0) is 72.1 Å². The second-order valence-corrected chi connectivity index (χ2v) is 11.2. The van der Waals surface area contributed by atoms with Crippen LogP contribution in [0.15, 0.2) is 48.5 Å². The summed E-state index contributed by atoms with van der Waals surface area (Å²) in [6.45, 7) is 4.11. The standard InChI is InChI=1S/C30H30F5NO/c1-29(2)15-22-25(23(37)16-29)24(17-9-13-21(31)14-10-17)26(28(36-22)19-5-3-4-6-19)27(32)18-7-11-20(12-8-18)30(33,34)35/h7-14,19,23,27,37H,3-6,15-16H2,1-2H3/t23-,27?/m0/s1. The predicted molar refractivity (Wildman–Crippen MR) is 132 cm³/mol. The smallest absolute Gasteiger partial charge is 0.388 e. The lowest BCUT2D eigenvalue weighted by molar-refractivity contribution is -0.137. The fourth-order valence-electron chi connectivity index (χ4n) is 6.03. The number of halogens is 5. The number of pyridine rings is 1. The summed E-state index contributed by atoms with van der Waals surface area (Å²) in [5.74, 6) is -0.431. The minimum Gasteiger partial charge on any atom is -0.388 e. The number of hydrogen-bond acceptors (Lipinski definition) is 2. The summed E-state index contributed by atoms with van der Waals surface area (Å²) in [5.41, 5.74) is 2.21. The number of benzene rings is 2. The molecule has 0 bridgehead atoms. The summed E-state index contributed by atoms with van der Waals surface area (Å²) >= 11 is 0. The number of fused-ring (bicyclic) bond motifs is 1. The average molecular weight is 516 g/mol. The fraction of sp³-hybridized carbons (Fsp3) is 0.433. The van der Waals surface area contributed by atoms with Gasteiger partial charge in [-0.25, -0.2) is 8.78 Å². The number of aromatic nitrogens is 1. The van der Waals surface area contributed by atoms with E-state index in [-0.39, 0.29) is 22.5 Å². The monoisotopic (exact) mass is 515 g/mol. The van der Waals surface area contributed by atoms with Gasteiger partial charge < -0.3 is 5.11 Å². The molecule has 2 aliphatic rings. The van der Waals surface area contributed by atoms with Gasteiger partial charge in [0.05, 0.1) is 17.4 Å². The third-order valence-corrected chi connectivity index (χ3v) is 7.76. The Bertz CT molecular complexity index is 1280. The van der Waals surface area contributed by atoms with Crippen LogP contribution in [-0.4, -0.2) is 10.1 Å². The highest BCUT2D eigenvalue weighted by atomic mass is 19.4. The molecule has 1 fully saturated rings. The Balaban J connectivity index is 1.77. The first-order chi connectivity index (χ1) is 17.4. The first kappa shape index (κ1) is 25.8. The lowest BCUT2D eigenvalue weighted by atomic mass is 9.71. The minimum atomic E-state index is -4.52. The normalized spacial score (nSPS) is 20.6. The summed E-state index contributed by atoms with van der Waals surface area (Å²) in [4.78, 5) is 4.99. The van der Waals surface area contributed by atoms with E-state index in [2.05, 4.69) is 13.8 Å². The van der Waals surface area contributed by atoms with Gasteiger partial charge in [0, 0.05) is 22.7 Å². The van der Waals surface area contributed by atoms with E-state index in [9.17, 15) is 22.7 Å². The molecule has 1 unspecified atom stereocenters. The lowest BCUT2D eigenvalue weighted by Gasteiger charge is -2.37. The Labute approximate surface area is 213 Å². The summed E-state index contributed by atoms with van der Waals surface area (Å²) in [7, 11) is 0. The molecule has 1 saturated carbocycles. The minimum absolute atomic E-state index is 0.00868. The van der Waals surface area contributed by atoms with Crippen molar-refractivity contribution in [2.24, 2.45) is 5.41 Å². The predicted octanol–water partition coefficient (Wildman–Crippen LogP) is 8.63. The molecule has 0 saturated heterocycles. The zero-order valence-electron chi connectivity index (χ0n) is 20.9. The molecular formula is C30H30F5NO. The molecule has 5 rings (SSSR count). The molecule has 0 radical (unpaired) electrons. The van der Waals surface area contributed by atoms with Gasteiger partial charge >= 0.3 is 6.18 Å². The largest absolute Gasteiger partial charge is 0.416 e. The number of aliphatic hydroxyl groups is 1. The average Bonchev–Trinajstić information content (AvgIpc) is 3.37. The van der Waals surface area contributed by atoms with Gasteiger partial charge in [-0.2, -0.15) is 13.2 Å². The maximum atomic E-state index is 16.6. The molecule has 7 heteroatoms. The molecule has 0 aliphatic heterocycles. The van der Waals surface area contributed by atoms with Crippen molar-refractivity contribution in [3.05, 3.63) is 88.0 Å². The van der Waals surface area contributed by atoms with Crippen molar-refractivity contribution in [1.29, 1.82) is 0 Å². The molecule has 2 aromatic carbocycles. The molecule has 1 heterocycles. The number of rotatable bonds is 4. The van der Waals surface area contributed by atoms with Crippen molar-refractivity contribution in [2.75, 3.05) is 0 Å². The van der Waals surface area contributed by atoms with E-state index in [1.807, 2.05) is 0 Å². The van der Waals surface area contributed by atoms with Crippen LogP contribution in [0.1, 0.15) is 97.8 Å². The Hall–Kier alpha value is -2.80. The highest BCUT2D eigenvalue weighted by Crippen LogP contribution is 2.50. The van der Waals surface area contributed by atoms with Crippen LogP contribution in [0.2, 0.25) is 0 Å². The lowest BCUT2D eigenvalue weighted by Crippen LogP contribution is -2.29. The molecule has 1 aromatic heterocycles. The maximum absolute atomic E-state index is 16.6. The molecule has 2 atom stereocenters.